The van der Waals surface area contributed by atoms with E-state index < -0.39 is 0 Å². The molecule has 0 N–H and O–H groups in total. The Labute approximate surface area is 99.0 Å². The summed E-state index contributed by atoms with van der Waals surface area (Å²) in [6.45, 7) is 3.34. The van der Waals surface area contributed by atoms with Gasteiger partial charge in [-0.25, -0.2) is 0 Å². The topological polar surface area (TPSA) is 49.2 Å². The molecule has 2 aromatic rings. The van der Waals surface area contributed by atoms with E-state index in [1.165, 1.54) is 0 Å². The lowest BCUT2D eigenvalue weighted by Crippen LogP contribution is -2.24. The minimum Gasteiger partial charge on any atom is -0.485 e. The summed E-state index contributed by atoms with van der Waals surface area (Å²) in [6, 6.07) is 7.65. The molecule has 0 radical (unpaired) electrons. The molecule has 0 fully saturated rings. The zero-order chi connectivity index (χ0) is 11.7. The average Bonchev–Trinajstić information content (AvgIpc) is 2.86. The molecule has 0 spiro atoms. The first-order valence-corrected chi connectivity index (χ1v) is 5.64. The van der Waals surface area contributed by atoms with Crippen molar-refractivity contribution in [2.24, 2.45) is 0 Å². The van der Waals surface area contributed by atoms with Gasteiger partial charge < -0.3 is 14.0 Å². The number of para-hydroxylation sites is 2. The summed E-state index contributed by atoms with van der Waals surface area (Å²) >= 11 is 0. The van der Waals surface area contributed by atoms with Crippen molar-refractivity contribution in [3.05, 3.63) is 36.4 Å². The zero-order valence-electron chi connectivity index (χ0n) is 9.54. The normalized spacial score (nSPS) is 18.1. The monoisotopic (exact) mass is 231 g/mol. The van der Waals surface area contributed by atoms with Crippen LogP contribution in [0.15, 0.2) is 30.6 Å². The number of ether oxygens (including phenoxy) is 2. The van der Waals surface area contributed by atoms with E-state index in [1.54, 1.807) is 6.33 Å². The second-order valence-corrected chi connectivity index (χ2v) is 3.84. The lowest BCUT2D eigenvalue weighted by molar-refractivity contribution is 0.0822. The Kier molecular flexibility index (Phi) is 2.44. The predicted molar refractivity (Wildman–Crippen MR) is 61.0 cm³/mol. The molecular formula is C12H13N3O2. The van der Waals surface area contributed by atoms with Crippen molar-refractivity contribution in [1.82, 2.24) is 14.8 Å². The van der Waals surface area contributed by atoms with Gasteiger partial charge in [0.15, 0.2) is 23.4 Å². The van der Waals surface area contributed by atoms with Crippen molar-refractivity contribution in [2.45, 2.75) is 19.6 Å². The van der Waals surface area contributed by atoms with Crippen LogP contribution in [0.5, 0.6) is 11.5 Å². The Hall–Kier alpha value is -2.04. The quantitative estimate of drug-likeness (QED) is 0.791. The first-order valence-electron chi connectivity index (χ1n) is 5.64. The number of fused-ring (bicyclic) bond motifs is 1. The predicted octanol–water partition coefficient (Wildman–Crippen LogP) is 1.81. The highest BCUT2D eigenvalue weighted by molar-refractivity contribution is 5.40. The Morgan fingerprint density at radius 1 is 1.35 bits per heavy atom. The third-order valence-electron chi connectivity index (χ3n) is 2.78. The third-order valence-corrected chi connectivity index (χ3v) is 2.78. The molecule has 0 bridgehead atoms. The van der Waals surface area contributed by atoms with Gasteiger partial charge >= 0.3 is 0 Å². The number of hydrogen-bond acceptors (Lipinski definition) is 4. The Morgan fingerprint density at radius 2 is 2.18 bits per heavy atom. The summed E-state index contributed by atoms with van der Waals surface area (Å²) in [6.07, 6.45) is 1.52. The molecule has 0 amide bonds. The number of rotatable bonds is 2. The highest BCUT2D eigenvalue weighted by Crippen LogP contribution is 2.35. The van der Waals surface area contributed by atoms with Crippen LogP contribution >= 0.6 is 0 Å². The van der Waals surface area contributed by atoms with Crippen LogP contribution in [-0.2, 0) is 6.54 Å². The highest BCUT2D eigenvalue weighted by atomic mass is 16.6. The lowest BCUT2D eigenvalue weighted by atomic mass is 10.2. The second-order valence-electron chi connectivity index (χ2n) is 3.84. The molecule has 1 atom stereocenters. The Morgan fingerprint density at radius 3 is 3.00 bits per heavy atom. The molecule has 5 heteroatoms. The van der Waals surface area contributed by atoms with Crippen molar-refractivity contribution in [3.8, 4) is 11.5 Å². The van der Waals surface area contributed by atoms with Gasteiger partial charge in [-0.15, -0.1) is 10.2 Å². The van der Waals surface area contributed by atoms with Gasteiger partial charge in [0.1, 0.15) is 12.9 Å². The van der Waals surface area contributed by atoms with Gasteiger partial charge in [-0.3, -0.25) is 0 Å². The van der Waals surface area contributed by atoms with Crippen LogP contribution in [0.3, 0.4) is 0 Å². The van der Waals surface area contributed by atoms with Crippen LogP contribution in [0, 0.1) is 0 Å². The molecule has 0 aliphatic carbocycles. The first kappa shape index (κ1) is 10.1. The minimum absolute atomic E-state index is 0.188. The maximum Gasteiger partial charge on any atom is 0.192 e. The standard InChI is InChI=1S/C12H13N3O2/c1-2-15-8-13-14-12(15)11-7-16-9-5-3-4-6-10(9)17-11/h3-6,8,11H,2,7H2,1H3. The maximum absolute atomic E-state index is 5.87. The number of benzene rings is 1. The van der Waals surface area contributed by atoms with Gasteiger partial charge in [0, 0.05) is 6.54 Å². The zero-order valence-corrected chi connectivity index (χ0v) is 9.54. The largest absolute Gasteiger partial charge is 0.485 e. The summed E-state index contributed by atoms with van der Waals surface area (Å²) in [7, 11) is 0. The van der Waals surface area contributed by atoms with Crippen LogP contribution in [-0.4, -0.2) is 21.4 Å². The average molecular weight is 231 g/mol. The number of aromatic nitrogens is 3. The summed E-state index contributed by atoms with van der Waals surface area (Å²) in [5.41, 5.74) is 0. The molecule has 17 heavy (non-hydrogen) atoms. The van der Waals surface area contributed by atoms with Gasteiger partial charge in [-0.1, -0.05) is 12.1 Å². The van der Waals surface area contributed by atoms with E-state index in [0.717, 1.165) is 23.9 Å². The van der Waals surface area contributed by atoms with Crippen molar-refractivity contribution in [1.29, 1.82) is 0 Å². The first-order chi connectivity index (χ1) is 8.38. The number of nitrogens with zero attached hydrogens (tertiary/aromatic N) is 3. The minimum atomic E-state index is -0.188. The SMILES string of the molecule is CCn1cnnc1C1COc2ccccc2O1. The molecule has 1 unspecified atom stereocenters. The van der Waals surface area contributed by atoms with Crippen molar-refractivity contribution in [3.63, 3.8) is 0 Å². The molecule has 5 nitrogen and oxygen atoms in total. The van der Waals surface area contributed by atoms with E-state index in [2.05, 4.69) is 10.2 Å². The van der Waals surface area contributed by atoms with E-state index in [9.17, 15) is 0 Å². The fraction of sp³-hybridized carbons (Fsp3) is 0.333. The Bertz CT molecular complexity index is 524. The van der Waals surface area contributed by atoms with Gasteiger partial charge in [0.2, 0.25) is 0 Å². The molecule has 1 aliphatic rings. The fourth-order valence-electron chi connectivity index (χ4n) is 1.90. The number of hydrogen-bond donors (Lipinski definition) is 0. The van der Waals surface area contributed by atoms with Crippen LogP contribution < -0.4 is 9.47 Å². The van der Waals surface area contributed by atoms with Crippen LogP contribution in [0.1, 0.15) is 18.9 Å². The third kappa shape index (κ3) is 1.73. The van der Waals surface area contributed by atoms with Crippen molar-refractivity contribution < 1.29 is 9.47 Å². The Balaban J connectivity index is 1.89. The molecule has 1 aromatic heterocycles. The lowest BCUT2D eigenvalue weighted by Gasteiger charge is -2.25. The summed E-state index contributed by atoms with van der Waals surface area (Å²) < 4.78 is 13.5. The molecule has 0 saturated heterocycles. The maximum atomic E-state index is 5.87. The molecule has 1 aromatic carbocycles. The highest BCUT2D eigenvalue weighted by Gasteiger charge is 2.26. The van der Waals surface area contributed by atoms with Gasteiger partial charge in [0.25, 0.3) is 0 Å². The van der Waals surface area contributed by atoms with Crippen molar-refractivity contribution >= 4 is 0 Å². The molecule has 3 rings (SSSR count). The smallest absolute Gasteiger partial charge is 0.192 e. The molecule has 2 heterocycles. The van der Waals surface area contributed by atoms with E-state index >= 15 is 0 Å². The van der Waals surface area contributed by atoms with E-state index in [-0.39, 0.29) is 6.10 Å². The van der Waals surface area contributed by atoms with E-state index in [1.807, 2.05) is 35.8 Å². The van der Waals surface area contributed by atoms with Crippen LogP contribution in [0.2, 0.25) is 0 Å². The summed E-state index contributed by atoms with van der Waals surface area (Å²) in [5, 5.41) is 7.99. The number of aryl methyl sites for hydroxylation is 1. The van der Waals surface area contributed by atoms with Crippen molar-refractivity contribution in [2.75, 3.05) is 6.61 Å². The molecule has 1 aliphatic heterocycles. The fourth-order valence-corrected chi connectivity index (χ4v) is 1.90. The second kappa shape index (κ2) is 4.08. The van der Waals surface area contributed by atoms with Gasteiger partial charge in [-0.2, -0.15) is 0 Å². The molecular weight excluding hydrogens is 218 g/mol. The van der Waals surface area contributed by atoms with Crippen LogP contribution in [0.25, 0.3) is 0 Å². The van der Waals surface area contributed by atoms with Gasteiger partial charge in [0.05, 0.1) is 0 Å². The summed E-state index contributed by atoms with van der Waals surface area (Å²) in [4.78, 5) is 0. The molecule has 0 saturated carbocycles. The van der Waals surface area contributed by atoms with Crippen LogP contribution in [0.4, 0.5) is 0 Å². The van der Waals surface area contributed by atoms with E-state index in [4.69, 9.17) is 9.47 Å². The van der Waals surface area contributed by atoms with E-state index in [0.29, 0.717) is 6.61 Å². The summed E-state index contributed by atoms with van der Waals surface area (Å²) in [5.74, 6) is 2.35. The van der Waals surface area contributed by atoms with Gasteiger partial charge in [-0.05, 0) is 19.1 Å². The molecule has 88 valence electrons.